The van der Waals surface area contributed by atoms with Crippen LogP contribution in [0.5, 0.6) is 0 Å². The fourth-order valence-corrected chi connectivity index (χ4v) is 3.58. The van der Waals surface area contributed by atoms with E-state index in [0.29, 0.717) is 19.6 Å². The molecule has 1 aliphatic heterocycles. The van der Waals surface area contributed by atoms with Crippen LogP contribution >= 0.6 is 11.8 Å². The normalized spacial score (nSPS) is 16.9. The molecule has 1 heterocycles. The van der Waals surface area contributed by atoms with Gasteiger partial charge < -0.3 is 15.0 Å². The molecule has 0 bridgehead atoms. The Morgan fingerprint density at radius 1 is 1.41 bits per heavy atom. The fourth-order valence-electron chi connectivity index (χ4n) is 2.36. The van der Waals surface area contributed by atoms with E-state index in [1.807, 2.05) is 24.3 Å². The van der Waals surface area contributed by atoms with Crippen LogP contribution in [-0.4, -0.2) is 43.4 Å². The van der Waals surface area contributed by atoms with Crippen LogP contribution in [0.4, 0.5) is 5.69 Å². The number of thioether (sulfide) groups is 1. The van der Waals surface area contributed by atoms with Crippen LogP contribution in [0.25, 0.3) is 0 Å². The highest BCUT2D eigenvalue weighted by Gasteiger charge is 2.33. The molecule has 1 N–H and O–H groups in total. The van der Waals surface area contributed by atoms with Crippen molar-refractivity contribution in [2.24, 2.45) is 0 Å². The Kier molecular flexibility index (Phi) is 5.47. The van der Waals surface area contributed by atoms with Crippen molar-refractivity contribution < 1.29 is 14.3 Å². The Hall–Kier alpha value is -1.53. The molecule has 0 aromatic heterocycles. The molecular formula is C16H22N2O3S. The highest BCUT2D eigenvalue weighted by atomic mass is 32.2. The Labute approximate surface area is 135 Å². The molecule has 2 rings (SSSR count). The molecule has 1 aliphatic rings. The van der Waals surface area contributed by atoms with Crippen molar-refractivity contribution in [1.82, 2.24) is 5.32 Å². The summed E-state index contributed by atoms with van der Waals surface area (Å²) in [5.74, 6) is -0.200. The lowest BCUT2D eigenvalue weighted by Crippen LogP contribution is -2.42. The summed E-state index contributed by atoms with van der Waals surface area (Å²) in [5.41, 5.74) is 0.810. The first-order valence-electron chi connectivity index (χ1n) is 7.27. The molecule has 0 unspecified atom stereocenters. The van der Waals surface area contributed by atoms with Gasteiger partial charge in [-0.05, 0) is 26.0 Å². The molecular weight excluding hydrogens is 300 g/mol. The second-order valence-corrected chi connectivity index (χ2v) is 7.58. The number of amides is 2. The van der Waals surface area contributed by atoms with Crippen molar-refractivity contribution in [2.75, 3.05) is 31.7 Å². The average Bonchev–Trinajstić information content (AvgIpc) is 2.53. The maximum atomic E-state index is 12.6. The Morgan fingerprint density at radius 3 is 2.86 bits per heavy atom. The zero-order valence-corrected chi connectivity index (χ0v) is 14.0. The standard InChI is InChI=1S/C16H22N2O3S/c1-16(2)10-15(20)18(11-14(19)17-8-9-21-3)12-6-4-5-7-13(12)22-16/h4-7H,8-11H2,1-3H3,(H,17,19). The number of carbonyl (C=O) groups excluding carboxylic acids is 2. The van der Waals surface area contributed by atoms with Gasteiger partial charge in [-0.25, -0.2) is 0 Å². The molecule has 0 atom stereocenters. The fraction of sp³-hybridized carbons (Fsp3) is 0.500. The van der Waals surface area contributed by atoms with E-state index in [0.717, 1.165) is 10.6 Å². The summed E-state index contributed by atoms with van der Waals surface area (Å²) in [5, 5.41) is 2.76. The number of nitrogens with zero attached hydrogens (tertiary/aromatic N) is 1. The van der Waals surface area contributed by atoms with Crippen LogP contribution in [0.15, 0.2) is 29.2 Å². The molecule has 1 aromatic carbocycles. The summed E-state index contributed by atoms with van der Waals surface area (Å²) < 4.78 is 4.72. The molecule has 0 saturated carbocycles. The predicted molar refractivity (Wildman–Crippen MR) is 88.2 cm³/mol. The SMILES string of the molecule is COCCNC(=O)CN1C(=O)CC(C)(C)Sc2ccccc21. The largest absolute Gasteiger partial charge is 0.383 e. The van der Waals surface area contributed by atoms with Crippen LogP contribution in [-0.2, 0) is 14.3 Å². The number of anilines is 1. The monoisotopic (exact) mass is 322 g/mol. The minimum Gasteiger partial charge on any atom is -0.383 e. The van der Waals surface area contributed by atoms with Crippen molar-refractivity contribution in [2.45, 2.75) is 29.9 Å². The number of rotatable bonds is 5. The molecule has 6 heteroatoms. The van der Waals surface area contributed by atoms with Crippen LogP contribution in [0.2, 0.25) is 0 Å². The second kappa shape index (κ2) is 7.15. The van der Waals surface area contributed by atoms with Crippen molar-refractivity contribution in [3.63, 3.8) is 0 Å². The zero-order chi connectivity index (χ0) is 16.2. The van der Waals surface area contributed by atoms with Gasteiger partial charge in [0.1, 0.15) is 6.54 Å². The van der Waals surface area contributed by atoms with Gasteiger partial charge in [0.05, 0.1) is 12.3 Å². The third-order valence-corrected chi connectivity index (χ3v) is 4.61. The number of fused-ring (bicyclic) bond motifs is 1. The Balaban J connectivity index is 2.19. The van der Waals surface area contributed by atoms with Gasteiger partial charge in [-0.1, -0.05) is 12.1 Å². The number of methoxy groups -OCH3 is 1. The molecule has 0 spiro atoms. The molecule has 22 heavy (non-hydrogen) atoms. The number of nitrogens with one attached hydrogen (secondary N) is 1. The quantitative estimate of drug-likeness (QED) is 0.843. The van der Waals surface area contributed by atoms with E-state index in [4.69, 9.17) is 4.74 Å². The van der Waals surface area contributed by atoms with Gasteiger partial charge in [-0.15, -0.1) is 11.8 Å². The summed E-state index contributed by atoms with van der Waals surface area (Å²) >= 11 is 1.68. The molecule has 1 aromatic rings. The first-order valence-corrected chi connectivity index (χ1v) is 8.08. The van der Waals surface area contributed by atoms with Crippen LogP contribution in [0.3, 0.4) is 0 Å². The maximum Gasteiger partial charge on any atom is 0.240 e. The Morgan fingerprint density at radius 2 is 2.14 bits per heavy atom. The first-order chi connectivity index (χ1) is 10.4. The molecule has 120 valence electrons. The van der Waals surface area contributed by atoms with Crippen molar-refractivity contribution in [1.29, 1.82) is 0 Å². The van der Waals surface area contributed by atoms with Gasteiger partial charge in [0.25, 0.3) is 0 Å². The minimum absolute atomic E-state index is 0.0238. The summed E-state index contributed by atoms with van der Waals surface area (Å²) in [7, 11) is 1.58. The van der Waals surface area contributed by atoms with Gasteiger partial charge in [0.2, 0.25) is 11.8 Å². The lowest BCUT2D eigenvalue weighted by Gasteiger charge is -2.22. The Bertz CT molecular complexity index is 560. The number of hydrogen-bond donors (Lipinski definition) is 1. The number of para-hydroxylation sites is 1. The van der Waals surface area contributed by atoms with E-state index in [2.05, 4.69) is 19.2 Å². The summed E-state index contributed by atoms with van der Waals surface area (Å²) in [6.45, 7) is 5.04. The van der Waals surface area contributed by atoms with Crippen LogP contribution < -0.4 is 10.2 Å². The van der Waals surface area contributed by atoms with Gasteiger partial charge in [0.15, 0.2) is 0 Å². The van der Waals surface area contributed by atoms with Crippen LogP contribution in [0, 0.1) is 0 Å². The smallest absolute Gasteiger partial charge is 0.240 e. The van der Waals surface area contributed by atoms with Gasteiger partial charge in [-0.2, -0.15) is 0 Å². The van der Waals surface area contributed by atoms with E-state index in [-0.39, 0.29) is 23.1 Å². The lowest BCUT2D eigenvalue weighted by molar-refractivity contribution is -0.124. The second-order valence-electron chi connectivity index (χ2n) is 5.83. The summed E-state index contributed by atoms with van der Waals surface area (Å²) in [6.07, 6.45) is 0.400. The van der Waals surface area contributed by atoms with Gasteiger partial charge in [-0.3, -0.25) is 9.59 Å². The van der Waals surface area contributed by atoms with Crippen molar-refractivity contribution in [3.8, 4) is 0 Å². The van der Waals surface area contributed by atoms with E-state index < -0.39 is 0 Å². The summed E-state index contributed by atoms with van der Waals surface area (Å²) in [6, 6.07) is 7.73. The first kappa shape index (κ1) is 16.8. The molecule has 0 saturated heterocycles. The molecule has 5 nitrogen and oxygen atoms in total. The number of benzene rings is 1. The summed E-state index contributed by atoms with van der Waals surface area (Å²) in [4.78, 5) is 27.2. The third-order valence-electron chi connectivity index (χ3n) is 3.35. The topological polar surface area (TPSA) is 58.6 Å². The van der Waals surface area contributed by atoms with Gasteiger partial charge in [0, 0.05) is 29.7 Å². The zero-order valence-electron chi connectivity index (χ0n) is 13.2. The van der Waals surface area contributed by atoms with Crippen molar-refractivity contribution in [3.05, 3.63) is 24.3 Å². The third kappa shape index (κ3) is 4.24. The highest BCUT2D eigenvalue weighted by molar-refractivity contribution is 8.00. The predicted octanol–water partition coefficient (Wildman–Crippen LogP) is 2.06. The minimum atomic E-state index is -0.186. The van der Waals surface area contributed by atoms with Gasteiger partial charge >= 0.3 is 0 Å². The van der Waals surface area contributed by atoms with E-state index >= 15 is 0 Å². The van der Waals surface area contributed by atoms with E-state index in [1.165, 1.54) is 0 Å². The molecule has 0 fully saturated rings. The molecule has 0 aliphatic carbocycles. The maximum absolute atomic E-state index is 12.6. The van der Waals surface area contributed by atoms with Crippen molar-refractivity contribution >= 4 is 29.3 Å². The molecule has 0 radical (unpaired) electrons. The van der Waals surface area contributed by atoms with Crippen LogP contribution in [0.1, 0.15) is 20.3 Å². The lowest BCUT2D eigenvalue weighted by atomic mass is 10.1. The number of ether oxygens (including phenoxy) is 1. The average molecular weight is 322 g/mol. The van der Waals surface area contributed by atoms with E-state index in [9.17, 15) is 9.59 Å². The highest BCUT2D eigenvalue weighted by Crippen LogP contribution is 2.43. The number of hydrogen-bond acceptors (Lipinski definition) is 4. The van der Waals surface area contributed by atoms with E-state index in [1.54, 1.807) is 23.8 Å². The molecule has 2 amide bonds. The number of carbonyl (C=O) groups is 2.